The van der Waals surface area contributed by atoms with Gasteiger partial charge in [0.2, 0.25) is 0 Å². The normalized spacial score (nSPS) is 12.2. The van der Waals surface area contributed by atoms with Crippen LogP contribution in [-0.2, 0) is 6.42 Å². The van der Waals surface area contributed by atoms with E-state index >= 15 is 0 Å². The fourth-order valence-corrected chi connectivity index (χ4v) is 2.56. The van der Waals surface area contributed by atoms with E-state index in [0.717, 1.165) is 12.2 Å². The molecule has 2 aromatic rings. The van der Waals surface area contributed by atoms with Crippen LogP contribution in [0.3, 0.4) is 0 Å². The second kappa shape index (κ2) is 6.10. The van der Waals surface area contributed by atoms with Gasteiger partial charge in [0.1, 0.15) is 5.75 Å². The molecule has 0 aliphatic rings. The van der Waals surface area contributed by atoms with Crippen molar-refractivity contribution in [2.75, 3.05) is 7.11 Å². The Labute approximate surface area is 121 Å². The van der Waals surface area contributed by atoms with Crippen molar-refractivity contribution in [1.29, 1.82) is 0 Å². The maximum absolute atomic E-state index is 6.40. The molecule has 2 N–H and O–H groups in total. The molecule has 0 amide bonds. The van der Waals surface area contributed by atoms with Gasteiger partial charge in [0.25, 0.3) is 0 Å². The van der Waals surface area contributed by atoms with Gasteiger partial charge in [-0.1, -0.05) is 29.8 Å². The molecule has 0 aliphatic carbocycles. The highest BCUT2D eigenvalue weighted by Gasteiger charge is 2.12. The largest absolute Gasteiger partial charge is 0.497 e. The van der Waals surface area contributed by atoms with Crippen LogP contribution in [0.1, 0.15) is 33.9 Å². The lowest BCUT2D eigenvalue weighted by Gasteiger charge is -2.17. The van der Waals surface area contributed by atoms with E-state index in [9.17, 15) is 0 Å². The fourth-order valence-electron chi connectivity index (χ4n) is 2.56. The minimum absolute atomic E-state index is 0.0152. The van der Waals surface area contributed by atoms with Crippen molar-refractivity contribution in [1.82, 2.24) is 0 Å². The predicted octanol–water partition coefficient (Wildman–Crippen LogP) is 3.86. The third-order valence-electron chi connectivity index (χ3n) is 3.82. The molecule has 0 saturated heterocycles. The summed E-state index contributed by atoms with van der Waals surface area (Å²) in [5.41, 5.74) is 12.7. The van der Waals surface area contributed by atoms with Crippen LogP contribution in [0.25, 0.3) is 0 Å². The molecule has 2 rings (SSSR count). The van der Waals surface area contributed by atoms with Gasteiger partial charge in [-0.15, -0.1) is 0 Å². The van der Waals surface area contributed by atoms with E-state index in [1.54, 1.807) is 7.11 Å². The standard InChI is InChI=1S/C18H23NO/c1-12-5-6-13(2)15(9-12)11-18(19)17-8-7-16(20-4)10-14(17)3/h5-10,18H,11,19H2,1-4H3. The summed E-state index contributed by atoms with van der Waals surface area (Å²) in [4.78, 5) is 0. The molecule has 0 saturated carbocycles. The third-order valence-corrected chi connectivity index (χ3v) is 3.82. The molecule has 1 atom stereocenters. The van der Waals surface area contributed by atoms with E-state index in [1.807, 2.05) is 12.1 Å². The maximum atomic E-state index is 6.40. The molecule has 0 aliphatic heterocycles. The summed E-state index contributed by atoms with van der Waals surface area (Å²) in [6.45, 7) is 6.34. The van der Waals surface area contributed by atoms with Gasteiger partial charge in [0.05, 0.1) is 7.11 Å². The van der Waals surface area contributed by atoms with Crippen LogP contribution in [0, 0.1) is 20.8 Å². The maximum Gasteiger partial charge on any atom is 0.119 e. The molecule has 106 valence electrons. The molecule has 0 fully saturated rings. The Morgan fingerprint density at radius 3 is 2.40 bits per heavy atom. The van der Waals surface area contributed by atoms with Crippen LogP contribution >= 0.6 is 0 Å². The number of rotatable bonds is 4. The van der Waals surface area contributed by atoms with Crippen molar-refractivity contribution >= 4 is 0 Å². The molecule has 1 unspecified atom stereocenters. The molecule has 0 spiro atoms. The molecular weight excluding hydrogens is 246 g/mol. The van der Waals surface area contributed by atoms with Crippen LogP contribution in [0.4, 0.5) is 0 Å². The smallest absolute Gasteiger partial charge is 0.119 e. The fraction of sp³-hybridized carbons (Fsp3) is 0.333. The van der Waals surface area contributed by atoms with Gasteiger partial charge in [-0.25, -0.2) is 0 Å². The summed E-state index contributed by atoms with van der Waals surface area (Å²) in [5.74, 6) is 0.880. The first-order chi connectivity index (χ1) is 9.51. The highest BCUT2D eigenvalue weighted by atomic mass is 16.5. The molecule has 2 nitrogen and oxygen atoms in total. The number of benzene rings is 2. The predicted molar refractivity (Wildman–Crippen MR) is 84.3 cm³/mol. The average molecular weight is 269 g/mol. The first-order valence-corrected chi connectivity index (χ1v) is 6.97. The van der Waals surface area contributed by atoms with Gasteiger partial charge in [-0.2, -0.15) is 0 Å². The monoisotopic (exact) mass is 269 g/mol. The van der Waals surface area contributed by atoms with Crippen LogP contribution in [-0.4, -0.2) is 7.11 Å². The molecule has 2 aromatic carbocycles. The summed E-state index contributed by atoms with van der Waals surface area (Å²) in [6, 6.07) is 12.6. The van der Waals surface area contributed by atoms with Crippen LogP contribution in [0.15, 0.2) is 36.4 Å². The summed E-state index contributed by atoms with van der Waals surface area (Å²) in [6.07, 6.45) is 0.862. The van der Waals surface area contributed by atoms with Crippen LogP contribution in [0.5, 0.6) is 5.75 Å². The Kier molecular flexibility index (Phi) is 4.46. The first kappa shape index (κ1) is 14.6. The topological polar surface area (TPSA) is 35.2 Å². The molecule has 0 heterocycles. The van der Waals surface area contributed by atoms with E-state index in [2.05, 4.69) is 45.0 Å². The number of hydrogen-bond donors (Lipinski definition) is 1. The zero-order chi connectivity index (χ0) is 14.7. The molecule has 2 heteroatoms. The van der Waals surface area contributed by atoms with Crippen LogP contribution in [0.2, 0.25) is 0 Å². The Morgan fingerprint density at radius 2 is 1.75 bits per heavy atom. The van der Waals surface area contributed by atoms with Crippen molar-refractivity contribution in [3.63, 3.8) is 0 Å². The van der Waals surface area contributed by atoms with E-state index in [1.165, 1.54) is 27.8 Å². The van der Waals surface area contributed by atoms with E-state index in [4.69, 9.17) is 10.5 Å². The Morgan fingerprint density at radius 1 is 1.00 bits per heavy atom. The quantitative estimate of drug-likeness (QED) is 0.914. The third kappa shape index (κ3) is 3.20. The van der Waals surface area contributed by atoms with Crippen molar-refractivity contribution < 1.29 is 4.74 Å². The number of hydrogen-bond acceptors (Lipinski definition) is 2. The lowest BCUT2D eigenvalue weighted by Crippen LogP contribution is -2.15. The van der Waals surface area contributed by atoms with Crippen molar-refractivity contribution in [2.24, 2.45) is 5.73 Å². The number of nitrogens with two attached hydrogens (primary N) is 1. The van der Waals surface area contributed by atoms with Gasteiger partial charge in [0, 0.05) is 6.04 Å². The summed E-state index contributed by atoms with van der Waals surface area (Å²) >= 11 is 0. The lowest BCUT2D eigenvalue weighted by molar-refractivity contribution is 0.414. The van der Waals surface area contributed by atoms with Gasteiger partial charge < -0.3 is 10.5 Å². The van der Waals surface area contributed by atoms with Crippen molar-refractivity contribution in [3.05, 3.63) is 64.2 Å². The highest BCUT2D eigenvalue weighted by molar-refractivity contribution is 5.38. The van der Waals surface area contributed by atoms with Gasteiger partial charge in [-0.3, -0.25) is 0 Å². The zero-order valence-corrected chi connectivity index (χ0v) is 12.7. The molecule has 0 radical (unpaired) electrons. The minimum Gasteiger partial charge on any atom is -0.497 e. The highest BCUT2D eigenvalue weighted by Crippen LogP contribution is 2.25. The van der Waals surface area contributed by atoms with Crippen molar-refractivity contribution in [3.8, 4) is 5.75 Å². The van der Waals surface area contributed by atoms with E-state index < -0.39 is 0 Å². The van der Waals surface area contributed by atoms with Crippen molar-refractivity contribution in [2.45, 2.75) is 33.2 Å². The second-order valence-corrected chi connectivity index (χ2v) is 5.46. The molecule has 0 aromatic heterocycles. The summed E-state index contributed by atoms with van der Waals surface area (Å²) in [7, 11) is 1.69. The summed E-state index contributed by atoms with van der Waals surface area (Å²) in [5, 5.41) is 0. The van der Waals surface area contributed by atoms with E-state index in [0.29, 0.717) is 0 Å². The van der Waals surface area contributed by atoms with Gasteiger partial charge in [-0.05, 0) is 61.6 Å². The number of ether oxygens (including phenoxy) is 1. The van der Waals surface area contributed by atoms with Gasteiger partial charge in [0.15, 0.2) is 0 Å². The van der Waals surface area contributed by atoms with E-state index in [-0.39, 0.29) is 6.04 Å². The Balaban J connectivity index is 2.23. The second-order valence-electron chi connectivity index (χ2n) is 5.46. The van der Waals surface area contributed by atoms with Gasteiger partial charge >= 0.3 is 0 Å². The molecule has 0 bridgehead atoms. The number of methoxy groups -OCH3 is 1. The number of aryl methyl sites for hydroxylation is 3. The summed E-state index contributed by atoms with van der Waals surface area (Å²) < 4.78 is 5.24. The first-order valence-electron chi connectivity index (χ1n) is 6.97. The van der Waals surface area contributed by atoms with Crippen LogP contribution < -0.4 is 10.5 Å². The lowest BCUT2D eigenvalue weighted by atomic mass is 9.93. The molecule has 20 heavy (non-hydrogen) atoms. The Hall–Kier alpha value is -1.80. The minimum atomic E-state index is 0.0152. The average Bonchev–Trinajstić information content (AvgIpc) is 2.42. The SMILES string of the molecule is COc1ccc(C(N)Cc2cc(C)ccc2C)c(C)c1. The molecular formula is C18H23NO. The zero-order valence-electron chi connectivity index (χ0n) is 12.7. The Bertz CT molecular complexity index is 604.